The monoisotopic (exact) mass is 261 g/mol. The number of piperidine rings is 1. The van der Waals surface area contributed by atoms with Crippen molar-refractivity contribution in [2.24, 2.45) is 11.7 Å². The Bertz CT molecular complexity index is 437. The van der Waals surface area contributed by atoms with Crippen LogP contribution >= 0.6 is 0 Å². The van der Waals surface area contributed by atoms with Crippen LogP contribution in [0.15, 0.2) is 30.3 Å². The smallest absolute Gasteiger partial charge is 0.224 e. The normalized spacial score (nSPS) is 20.5. The van der Waals surface area contributed by atoms with Gasteiger partial charge in [-0.2, -0.15) is 0 Å². The molecule has 5 heteroatoms. The summed E-state index contributed by atoms with van der Waals surface area (Å²) in [5, 5.41) is 5.55. The molecule has 0 aromatic heterocycles. The number of benzene rings is 1. The molecule has 0 aliphatic carbocycles. The van der Waals surface area contributed by atoms with Gasteiger partial charge < -0.3 is 16.4 Å². The molecule has 0 saturated carbocycles. The lowest BCUT2D eigenvalue weighted by Gasteiger charge is -2.22. The van der Waals surface area contributed by atoms with Crippen molar-refractivity contribution >= 4 is 11.8 Å². The van der Waals surface area contributed by atoms with Gasteiger partial charge >= 0.3 is 0 Å². The average Bonchev–Trinajstić information content (AvgIpc) is 2.46. The summed E-state index contributed by atoms with van der Waals surface area (Å²) in [6, 6.07) is 9.46. The summed E-state index contributed by atoms with van der Waals surface area (Å²) in [5.74, 6) is -0.155. The lowest BCUT2D eigenvalue weighted by molar-refractivity contribution is -0.128. The minimum atomic E-state index is -0.205. The summed E-state index contributed by atoms with van der Waals surface area (Å²) in [7, 11) is 0. The van der Waals surface area contributed by atoms with Crippen LogP contribution in [0, 0.1) is 5.92 Å². The molecule has 2 amide bonds. The minimum absolute atomic E-state index is 0.0186. The summed E-state index contributed by atoms with van der Waals surface area (Å²) >= 11 is 0. The Morgan fingerprint density at radius 1 is 1.42 bits per heavy atom. The van der Waals surface area contributed by atoms with Crippen LogP contribution < -0.4 is 16.4 Å². The van der Waals surface area contributed by atoms with Crippen molar-refractivity contribution in [3.05, 3.63) is 35.9 Å². The number of hydrogen-bond acceptors (Lipinski definition) is 3. The Morgan fingerprint density at radius 3 is 2.79 bits per heavy atom. The van der Waals surface area contributed by atoms with Gasteiger partial charge in [-0.3, -0.25) is 9.59 Å². The highest BCUT2D eigenvalue weighted by atomic mass is 16.2. The number of carbonyl (C=O) groups is 2. The third kappa shape index (κ3) is 3.79. The SMILES string of the molecule is NC(CNC(=O)C1CCC(=O)NC1)c1ccccc1. The molecule has 0 bridgehead atoms. The second kappa shape index (κ2) is 6.33. The molecule has 0 spiro atoms. The van der Waals surface area contributed by atoms with Crippen LogP contribution in [0.4, 0.5) is 0 Å². The minimum Gasteiger partial charge on any atom is -0.355 e. The first-order valence-corrected chi connectivity index (χ1v) is 6.52. The maximum atomic E-state index is 11.9. The van der Waals surface area contributed by atoms with Crippen LogP contribution in [-0.2, 0) is 9.59 Å². The van der Waals surface area contributed by atoms with Gasteiger partial charge in [-0.05, 0) is 12.0 Å². The van der Waals surface area contributed by atoms with Gasteiger partial charge in [-0.25, -0.2) is 0 Å². The van der Waals surface area contributed by atoms with Gasteiger partial charge in [0, 0.05) is 25.6 Å². The third-order valence-corrected chi connectivity index (χ3v) is 3.36. The van der Waals surface area contributed by atoms with Crippen LogP contribution in [-0.4, -0.2) is 24.9 Å². The topological polar surface area (TPSA) is 84.2 Å². The van der Waals surface area contributed by atoms with Crippen molar-refractivity contribution in [2.45, 2.75) is 18.9 Å². The van der Waals surface area contributed by atoms with E-state index in [9.17, 15) is 9.59 Å². The van der Waals surface area contributed by atoms with E-state index in [-0.39, 0.29) is 23.8 Å². The van der Waals surface area contributed by atoms with E-state index in [1.807, 2.05) is 30.3 Å². The molecule has 1 aromatic rings. The Kier molecular flexibility index (Phi) is 4.52. The zero-order chi connectivity index (χ0) is 13.7. The van der Waals surface area contributed by atoms with Crippen LogP contribution in [0.25, 0.3) is 0 Å². The molecule has 2 unspecified atom stereocenters. The second-order valence-corrected chi connectivity index (χ2v) is 4.80. The lowest BCUT2D eigenvalue weighted by Crippen LogP contribution is -2.44. The van der Waals surface area contributed by atoms with E-state index in [4.69, 9.17) is 5.73 Å². The predicted molar refractivity (Wildman–Crippen MR) is 72.1 cm³/mol. The number of hydrogen-bond donors (Lipinski definition) is 3. The zero-order valence-electron chi connectivity index (χ0n) is 10.8. The average molecular weight is 261 g/mol. The molecule has 102 valence electrons. The first kappa shape index (κ1) is 13.5. The van der Waals surface area contributed by atoms with Gasteiger partial charge in [-0.1, -0.05) is 30.3 Å². The molecule has 1 aliphatic rings. The number of rotatable bonds is 4. The van der Waals surface area contributed by atoms with Crippen LogP contribution in [0.5, 0.6) is 0 Å². The Labute approximate surface area is 112 Å². The van der Waals surface area contributed by atoms with Crippen molar-refractivity contribution in [3.8, 4) is 0 Å². The summed E-state index contributed by atoms with van der Waals surface area (Å²) in [6.07, 6.45) is 1.03. The maximum absolute atomic E-state index is 11.9. The third-order valence-electron chi connectivity index (χ3n) is 3.36. The first-order valence-electron chi connectivity index (χ1n) is 6.52. The largest absolute Gasteiger partial charge is 0.355 e. The van der Waals surface area contributed by atoms with Gasteiger partial charge in [0.05, 0.1) is 5.92 Å². The molecule has 5 nitrogen and oxygen atoms in total. The first-order chi connectivity index (χ1) is 9.16. The lowest BCUT2D eigenvalue weighted by atomic mass is 9.98. The number of nitrogens with one attached hydrogen (secondary N) is 2. The van der Waals surface area contributed by atoms with E-state index in [1.54, 1.807) is 0 Å². The van der Waals surface area contributed by atoms with Crippen molar-refractivity contribution in [2.75, 3.05) is 13.1 Å². The molecule has 1 saturated heterocycles. The highest BCUT2D eigenvalue weighted by Gasteiger charge is 2.24. The van der Waals surface area contributed by atoms with Gasteiger partial charge in [0.15, 0.2) is 0 Å². The second-order valence-electron chi connectivity index (χ2n) is 4.80. The van der Waals surface area contributed by atoms with Crippen LogP contribution in [0.1, 0.15) is 24.4 Å². The molecule has 19 heavy (non-hydrogen) atoms. The molecular formula is C14H19N3O2. The molecule has 1 aliphatic heterocycles. The van der Waals surface area contributed by atoms with E-state index < -0.39 is 0 Å². The standard InChI is InChI=1S/C14H19N3O2/c15-12(10-4-2-1-3-5-10)9-17-14(19)11-6-7-13(18)16-8-11/h1-5,11-12H,6-9,15H2,(H,16,18)(H,17,19). The van der Waals surface area contributed by atoms with Crippen molar-refractivity contribution in [1.29, 1.82) is 0 Å². The summed E-state index contributed by atoms with van der Waals surface area (Å²) in [4.78, 5) is 22.9. The fourth-order valence-corrected chi connectivity index (χ4v) is 2.13. The molecule has 0 radical (unpaired) electrons. The van der Waals surface area contributed by atoms with Crippen molar-refractivity contribution in [1.82, 2.24) is 10.6 Å². The predicted octanol–water partition coefficient (Wildman–Crippen LogP) is 0.329. The Morgan fingerprint density at radius 2 is 2.16 bits per heavy atom. The highest BCUT2D eigenvalue weighted by molar-refractivity contribution is 5.83. The molecule has 1 fully saturated rings. The molecule has 2 atom stereocenters. The maximum Gasteiger partial charge on any atom is 0.224 e. The van der Waals surface area contributed by atoms with Gasteiger partial charge in [0.2, 0.25) is 11.8 Å². The summed E-state index contributed by atoms with van der Waals surface area (Å²) in [6.45, 7) is 0.832. The fraction of sp³-hybridized carbons (Fsp3) is 0.429. The van der Waals surface area contributed by atoms with E-state index in [0.29, 0.717) is 25.9 Å². The van der Waals surface area contributed by atoms with Crippen LogP contribution in [0.2, 0.25) is 0 Å². The number of amides is 2. The van der Waals surface area contributed by atoms with E-state index in [1.165, 1.54) is 0 Å². The molecular weight excluding hydrogens is 242 g/mol. The highest BCUT2D eigenvalue weighted by Crippen LogP contribution is 2.12. The Hall–Kier alpha value is -1.88. The summed E-state index contributed by atoms with van der Waals surface area (Å²) < 4.78 is 0. The molecule has 1 aromatic carbocycles. The van der Waals surface area contributed by atoms with Gasteiger partial charge in [0.1, 0.15) is 0 Å². The Balaban J connectivity index is 1.79. The fourth-order valence-electron chi connectivity index (χ4n) is 2.13. The molecule has 2 rings (SSSR count). The quantitative estimate of drug-likeness (QED) is 0.730. The van der Waals surface area contributed by atoms with Crippen LogP contribution in [0.3, 0.4) is 0 Å². The van der Waals surface area contributed by atoms with E-state index in [2.05, 4.69) is 10.6 Å². The van der Waals surface area contributed by atoms with E-state index >= 15 is 0 Å². The zero-order valence-corrected chi connectivity index (χ0v) is 10.8. The number of carbonyl (C=O) groups excluding carboxylic acids is 2. The van der Waals surface area contributed by atoms with Gasteiger partial charge in [0.25, 0.3) is 0 Å². The van der Waals surface area contributed by atoms with Gasteiger partial charge in [-0.15, -0.1) is 0 Å². The van der Waals surface area contributed by atoms with Crippen molar-refractivity contribution < 1.29 is 9.59 Å². The van der Waals surface area contributed by atoms with Crippen molar-refractivity contribution in [3.63, 3.8) is 0 Å². The summed E-state index contributed by atoms with van der Waals surface area (Å²) in [5.41, 5.74) is 7.01. The molecule has 4 N–H and O–H groups in total. The number of nitrogens with two attached hydrogens (primary N) is 1. The van der Waals surface area contributed by atoms with E-state index in [0.717, 1.165) is 5.56 Å². The molecule has 1 heterocycles.